The first kappa shape index (κ1) is 20.8. The van der Waals surface area contributed by atoms with Crippen molar-refractivity contribution in [2.75, 3.05) is 13.7 Å². The lowest BCUT2D eigenvalue weighted by atomic mass is 9.96. The minimum absolute atomic E-state index is 0.182. The van der Waals surface area contributed by atoms with E-state index in [0.717, 1.165) is 53.8 Å². The molecular weight excluding hydrogens is 428 g/mol. The van der Waals surface area contributed by atoms with Crippen molar-refractivity contribution in [3.8, 4) is 16.2 Å². The molecule has 2 aromatic heterocycles. The first-order valence-electron chi connectivity index (χ1n) is 10.8. The highest BCUT2D eigenvalue weighted by Crippen LogP contribution is 2.45. The molecule has 166 valence electrons. The lowest BCUT2D eigenvalue weighted by Crippen LogP contribution is -2.19. The number of pyridine rings is 1. The van der Waals surface area contributed by atoms with Crippen LogP contribution in [0, 0.1) is 0 Å². The van der Waals surface area contributed by atoms with Crippen LogP contribution in [0.15, 0.2) is 34.3 Å². The quantitative estimate of drug-likeness (QED) is 0.540. The van der Waals surface area contributed by atoms with Crippen LogP contribution in [-0.2, 0) is 11.3 Å². The lowest BCUT2D eigenvalue weighted by molar-refractivity contribution is 0.0695. The Kier molecular flexibility index (Phi) is 5.25. The number of aromatic nitrogens is 1. The Morgan fingerprint density at radius 2 is 2.09 bits per heavy atom. The molecule has 1 aromatic carbocycles. The van der Waals surface area contributed by atoms with Crippen LogP contribution in [0.1, 0.15) is 59.4 Å². The molecular formula is C24H24N2O5S. The summed E-state index contributed by atoms with van der Waals surface area (Å²) in [4.78, 5) is 32.2. The van der Waals surface area contributed by atoms with E-state index in [4.69, 9.17) is 9.57 Å². The molecule has 8 heteroatoms. The number of benzene rings is 1. The number of aromatic carboxylic acids is 1. The van der Waals surface area contributed by atoms with Gasteiger partial charge < -0.3 is 19.2 Å². The molecule has 1 fully saturated rings. The molecule has 5 rings (SSSR count). The molecule has 3 aromatic rings. The Labute approximate surface area is 188 Å². The average Bonchev–Trinajstić information content (AvgIpc) is 3.54. The Morgan fingerprint density at radius 3 is 2.78 bits per heavy atom. The van der Waals surface area contributed by atoms with Gasteiger partial charge in [0.2, 0.25) is 5.43 Å². The molecule has 0 atom stereocenters. The summed E-state index contributed by atoms with van der Waals surface area (Å²) < 4.78 is 7.77. The fraction of sp³-hybridized carbons (Fsp3) is 0.375. The van der Waals surface area contributed by atoms with Crippen LogP contribution < -0.4 is 10.2 Å². The van der Waals surface area contributed by atoms with E-state index in [0.29, 0.717) is 23.3 Å². The van der Waals surface area contributed by atoms with Crippen molar-refractivity contribution in [2.24, 2.45) is 5.16 Å². The van der Waals surface area contributed by atoms with Gasteiger partial charge in [0.05, 0.1) is 23.7 Å². The van der Waals surface area contributed by atoms with Crippen LogP contribution in [0.5, 0.6) is 5.75 Å². The Balaban J connectivity index is 1.72. The molecule has 0 aliphatic heterocycles. The zero-order valence-corrected chi connectivity index (χ0v) is 18.8. The molecule has 0 amide bonds. The van der Waals surface area contributed by atoms with Gasteiger partial charge in [0.15, 0.2) is 5.75 Å². The van der Waals surface area contributed by atoms with Crippen molar-refractivity contribution in [1.29, 1.82) is 0 Å². The summed E-state index contributed by atoms with van der Waals surface area (Å²) in [6.45, 7) is 2.45. The number of oxime groups is 1. The molecule has 0 unspecified atom stereocenters. The van der Waals surface area contributed by atoms with Gasteiger partial charge in [-0.1, -0.05) is 5.16 Å². The van der Waals surface area contributed by atoms with E-state index >= 15 is 0 Å². The highest BCUT2D eigenvalue weighted by Gasteiger charge is 2.30. The van der Waals surface area contributed by atoms with Gasteiger partial charge in [0, 0.05) is 33.1 Å². The monoisotopic (exact) mass is 452 g/mol. The maximum atomic E-state index is 12.9. The summed E-state index contributed by atoms with van der Waals surface area (Å²) >= 11 is 1.71. The van der Waals surface area contributed by atoms with E-state index in [1.807, 2.05) is 17.6 Å². The van der Waals surface area contributed by atoms with Crippen molar-refractivity contribution in [2.45, 2.75) is 45.1 Å². The maximum Gasteiger partial charge on any atom is 0.341 e. The Hall–Kier alpha value is -3.13. The van der Waals surface area contributed by atoms with Crippen LogP contribution in [0.3, 0.4) is 0 Å². The average molecular weight is 453 g/mol. The molecule has 7 nitrogen and oxygen atoms in total. The summed E-state index contributed by atoms with van der Waals surface area (Å²) in [7, 11) is 1.60. The first-order valence-corrected chi connectivity index (χ1v) is 11.7. The van der Waals surface area contributed by atoms with E-state index < -0.39 is 11.4 Å². The minimum Gasteiger partial charge on any atom is -0.494 e. The number of nitrogens with zero attached hydrogens (tertiary/aromatic N) is 2. The number of hydrogen-bond acceptors (Lipinski definition) is 6. The molecule has 2 heterocycles. The standard InChI is InChI=1S/C24H24N2O5S/c1-3-31-25-18-5-4-6-19-16(18)11-20(32-19)14-9-10-15-21(23(14)30-2)26(13-7-8-13)12-17(22(15)27)24(28)29/h9-13H,3-8H2,1-2H3,(H,28,29)/b25-18+. The van der Waals surface area contributed by atoms with Crippen LogP contribution in [0.2, 0.25) is 0 Å². The number of methoxy groups -OCH3 is 1. The molecule has 0 radical (unpaired) electrons. The van der Waals surface area contributed by atoms with Crippen molar-refractivity contribution >= 4 is 33.9 Å². The zero-order valence-electron chi connectivity index (χ0n) is 18.0. The molecule has 1 saturated carbocycles. The smallest absolute Gasteiger partial charge is 0.341 e. The second kappa shape index (κ2) is 8.09. The molecule has 2 aliphatic carbocycles. The predicted molar refractivity (Wildman–Crippen MR) is 124 cm³/mol. The highest BCUT2D eigenvalue weighted by molar-refractivity contribution is 7.16. The highest BCUT2D eigenvalue weighted by atomic mass is 32.1. The summed E-state index contributed by atoms with van der Waals surface area (Å²) in [5.74, 6) is -0.605. The third kappa shape index (κ3) is 3.39. The van der Waals surface area contributed by atoms with Gasteiger partial charge in [-0.2, -0.15) is 0 Å². The summed E-state index contributed by atoms with van der Waals surface area (Å²) in [6, 6.07) is 5.91. The molecule has 1 N–H and O–H groups in total. The summed E-state index contributed by atoms with van der Waals surface area (Å²) in [5.41, 5.74) is 2.96. The van der Waals surface area contributed by atoms with Gasteiger partial charge >= 0.3 is 5.97 Å². The third-order valence-electron chi connectivity index (χ3n) is 6.03. The summed E-state index contributed by atoms with van der Waals surface area (Å²) in [5, 5.41) is 14.2. The molecule has 0 spiro atoms. The number of fused-ring (bicyclic) bond motifs is 2. The number of carboxylic acids is 1. The molecule has 0 saturated heterocycles. The minimum atomic E-state index is -1.21. The van der Waals surface area contributed by atoms with Crippen molar-refractivity contribution in [1.82, 2.24) is 4.57 Å². The van der Waals surface area contributed by atoms with Gasteiger partial charge in [-0.3, -0.25) is 4.79 Å². The van der Waals surface area contributed by atoms with Crippen LogP contribution in [0.25, 0.3) is 21.3 Å². The van der Waals surface area contributed by atoms with Gasteiger partial charge in [-0.25, -0.2) is 4.79 Å². The zero-order chi connectivity index (χ0) is 22.4. The second-order valence-corrected chi connectivity index (χ2v) is 9.25. The van der Waals surface area contributed by atoms with Gasteiger partial charge in [-0.15, -0.1) is 11.3 Å². The fourth-order valence-electron chi connectivity index (χ4n) is 4.39. The van der Waals surface area contributed by atoms with Gasteiger partial charge in [0.25, 0.3) is 0 Å². The Bertz CT molecular complexity index is 1320. The summed E-state index contributed by atoms with van der Waals surface area (Å²) in [6.07, 6.45) is 6.30. The number of aryl methyl sites for hydroxylation is 1. The number of thiophene rings is 1. The van der Waals surface area contributed by atoms with Gasteiger partial charge in [-0.05, 0) is 57.2 Å². The van der Waals surface area contributed by atoms with E-state index in [2.05, 4.69) is 11.2 Å². The van der Waals surface area contributed by atoms with E-state index in [9.17, 15) is 14.7 Å². The SMILES string of the molecule is CCO/N=C1\CCCc2sc(-c3ccc4c(=O)c(C(=O)O)cn(C5CC5)c4c3OC)cc21. The largest absolute Gasteiger partial charge is 0.494 e. The van der Waals surface area contributed by atoms with Crippen molar-refractivity contribution in [3.63, 3.8) is 0 Å². The third-order valence-corrected chi connectivity index (χ3v) is 7.26. The topological polar surface area (TPSA) is 90.1 Å². The molecule has 2 aliphatic rings. The predicted octanol–water partition coefficient (Wildman–Crippen LogP) is 4.85. The van der Waals surface area contributed by atoms with E-state index in [-0.39, 0.29) is 11.6 Å². The molecule has 0 bridgehead atoms. The van der Waals surface area contributed by atoms with Crippen molar-refractivity contribution < 1.29 is 19.5 Å². The number of ether oxygens (including phenoxy) is 1. The van der Waals surface area contributed by atoms with E-state index in [1.165, 1.54) is 11.1 Å². The maximum absolute atomic E-state index is 12.9. The second-order valence-electron chi connectivity index (χ2n) is 8.11. The lowest BCUT2D eigenvalue weighted by Gasteiger charge is -2.17. The number of carboxylic acid groups (broad SMARTS) is 1. The van der Waals surface area contributed by atoms with Crippen LogP contribution in [0.4, 0.5) is 0 Å². The van der Waals surface area contributed by atoms with E-state index in [1.54, 1.807) is 24.5 Å². The number of carbonyl (C=O) groups is 1. The number of hydrogen-bond donors (Lipinski definition) is 1. The van der Waals surface area contributed by atoms with Crippen LogP contribution >= 0.6 is 11.3 Å². The normalized spacial score (nSPS) is 16.9. The number of rotatable bonds is 6. The first-order chi connectivity index (χ1) is 15.5. The van der Waals surface area contributed by atoms with Crippen molar-refractivity contribution in [3.05, 3.63) is 50.6 Å². The molecule has 32 heavy (non-hydrogen) atoms. The van der Waals surface area contributed by atoms with Crippen LogP contribution in [-0.4, -0.2) is 35.1 Å². The van der Waals surface area contributed by atoms with Gasteiger partial charge in [0.1, 0.15) is 12.2 Å². The Morgan fingerprint density at radius 1 is 1.28 bits per heavy atom. The fourth-order valence-corrected chi connectivity index (χ4v) is 5.64.